The van der Waals surface area contributed by atoms with Crippen molar-refractivity contribution in [3.8, 4) is 0 Å². The molecule has 2 rings (SSSR count). The normalized spacial score (nSPS) is 15.9. The van der Waals surface area contributed by atoms with E-state index in [-0.39, 0.29) is 0 Å². The highest BCUT2D eigenvalue weighted by molar-refractivity contribution is 5.44. The summed E-state index contributed by atoms with van der Waals surface area (Å²) in [6.45, 7) is 6.16. The molecule has 1 amide bonds. The third-order valence-electron chi connectivity index (χ3n) is 3.76. The van der Waals surface area contributed by atoms with Crippen LogP contribution in [-0.2, 0) is 16.0 Å². The number of carbonyl (C=O) groups excluding carboxylic acids is 1. The average Bonchev–Trinajstić information content (AvgIpc) is 2.55. The summed E-state index contributed by atoms with van der Waals surface area (Å²) in [7, 11) is 1.56. The smallest absolute Gasteiger partial charge is 0.206 e. The molecule has 1 fully saturated rings. The third kappa shape index (κ3) is 6.58. The molecule has 116 valence electrons. The Labute approximate surface area is 128 Å². The lowest BCUT2D eigenvalue weighted by Gasteiger charge is -2.25. The Morgan fingerprint density at radius 3 is 2.33 bits per heavy atom. The Morgan fingerprint density at radius 1 is 1.29 bits per heavy atom. The number of aryl methyl sites for hydroxylation is 1. The number of nitrogens with one attached hydrogen (secondary N) is 1. The number of amides is 1. The second-order valence-electron chi connectivity index (χ2n) is 5.32. The molecule has 0 saturated carbocycles. The minimum Gasteiger partial charge on any atom is -0.381 e. The molecule has 1 aliphatic rings. The fourth-order valence-electron chi connectivity index (χ4n) is 2.49. The van der Waals surface area contributed by atoms with Crippen molar-refractivity contribution in [2.24, 2.45) is 5.92 Å². The van der Waals surface area contributed by atoms with Crippen LogP contribution in [0.4, 0.5) is 0 Å². The summed E-state index contributed by atoms with van der Waals surface area (Å²) in [6.07, 6.45) is 6.40. The molecule has 0 unspecified atom stereocenters. The van der Waals surface area contributed by atoms with Gasteiger partial charge < -0.3 is 10.1 Å². The topological polar surface area (TPSA) is 38.3 Å². The van der Waals surface area contributed by atoms with Gasteiger partial charge in [0.2, 0.25) is 6.41 Å². The number of rotatable bonds is 4. The SMILES string of the molecule is C/C=C(\Cc1ccc(C)cc1)C1CCOCC1.CNC=O. The molecule has 0 atom stereocenters. The zero-order valence-electron chi connectivity index (χ0n) is 13.4. The summed E-state index contributed by atoms with van der Waals surface area (Å²) < 4.78 is 5.43. The van der Waals surface area contributed by atoms with Crippen LogP contribution in [-0.4, -0.2) is 26.7 Å². The predicted octanol–water partition coefficient (Wildman–Crippen LogP) is 3.27. The standard InChI is InChI=1S/C16H22O.C2H5NO/c1-3-15(16-8-10-17-11-9-16)12-14-6-4-13(2)5-7-14;1-3-2-4/h3-7,16H,8-12H2,1-2H3;2H,1H3,(H,3,4)/b15-3+;. The van der Waals surface area contributed by atoms with Gasteiger partial charge in [0.1, 0.15) is 0 Å². The summed E-state index contributed by atoms with van der Waals surface area (Å²) in [6, 6.07) is 8.90. The van der Waals surface area contributed by atoms with Crippen LogP contribution in [0.5, 0.6) is 0 Å². The molecule has 1 aromatic rings. The Balaban J connectivity index is 0.000000491. The molecule has 0 aliphatic carbocycles. The van der Waals surface area contributed by atoms with Gasteiger partial charge in [0.25, 0.3) is 0 Å². The molecule has 3 heteroatoms. The second kappa shape index (κ2) is 10.2. The number of ether oxygens (including phenoxy) is 1. The van der Waals surface area contributed by atoms with E-state index in [1.165, 1.54) is 24.0 Å². The van der Waals surface area contributed by atoms with Gasteiger partial charge in [-0.1, -0.05) is 41.5 Å². The average molecular weight is 289 g/mol. The van der Waals surface area contributed by atoms with Gasteiger partial charge in [-0.25, -0.2) is 0 Å². The van der Waals surface area contributed by atoms with E-state index in [0.29, 0.717) is 6.41 Å². The van der Waals surface area contributed by atoms with Gasteiger partial charge >= 0.3 is 0 Å². The molecule has 0 aromatic heterocycles. The van der Waals surface area contributed by atoms with E-state index in [9.17, 15) is 0 Å². The molecular weight excluding hydrogens is 262 g/mol. The largest absolute Gasteiger partial charge is 0.381 e. The minimum atomic E-state index is 0.625. The Kier molecular flexibility index (Phi) is 8.44. The van der Waals surface area contributed by atoms with Crippen LogP contribution in [0.15, 0.2) is 35.9 Å². The number of hydrogen-bond acceptors (Lipinski definition) is 2. The Hall–Kier alpha value is -1.61. The molecule has 21 heavy (non-hydrogen) atoms. The lowest BCUT2D eigenvalue weighted by Crippen LogP contribution is -2.18. The van der Waals surface area contributed by atoms with Crippen LogP contribution >= 0.6 is 0 Å². The van der Waals surface area contributed by atoms with E-state index in [1.807, 2.05) is 0 Å². The molecule has 1 aliphatic heterocycles. The van der Waals surface area contributed by atoms with E-state index in [0.717, 1.165) is 25.6 Å². The van der Waals surface area contributed by atoms with E-state index >= 15 is 0 Å². The van der Waals surface area contributed by atoms with Crippen LogP contribution in [0, 0.1) is 12.8 Å². The number of carbonyl (C=O) groups is 1. The summed E-state index contributed by atoms with van der Waals surface area (Å²) in [5.41, 5.74) is 4.34. The molecule has 0 spiro atoms. The summed E-state index contributed by atoms with van der Waals surface area (Å²) >= 11 is 0. The van der Waals surface area contributed by atoms with Crippen LogP contribution < -0.4 is 5.32 Å². The first kappa shape index (κ1) is 17.4. The van der Waals surface area contributed by atoms with Gasteiger partial charge in [-0.15, -0.1) is 0 Å². The van der Waals surface area contributed by atoms with Crippen LogP contribution in [0.1, 0.15) is 30.9 Å². The van der Waals surface area contributed by atoms with Crippen molar-refractivity contribution in [1.29, 1.82) is 0 Å². The van der Waals surface area contributed by atoms with Crippen molar-refractivity contribution in [2.75, 3.05) is 20.3 Å². The summed E-state index contributed by atoms with van der Waals surface area (Å²) in [4.78, 5) is 9.06. The highest BCUT2D eigenvalue weighted by atomic mass is 16.5. The molecule has 1 saturated heterocycles. The van der Waals surface area contributed by atoms with E-state index in [4.69, 9.17) is 9.53 Å². The van der Waals surface area contributed by atoms with Crippen LogP contribution in [0.25, 0.3) is 0 Å². The van der Waals surface area contributed by atoms with E-state index in [1.54, 1.807) is 12.6 Å². The van der Waals surface area contributed by atoms with Crippen molar-refractivity contribution >= 4 is 6.41 Å². The first-order chi connectivity index (χ1) is 10.2. The lowest BCUT2D eigenvalue weighted by atomic mass is 9.87. The molecule has 0 bridgehead atoms. The van der Waals surface area contributed by atoms with Crippen molar-refractivity contribution in [1.82, 2.24) is 5.32 Å². The monoisotopic (exact) mass is 289 g/mol. The van der Waals surface area contributed by atoms with Crippen molar-refractivity contribution in [3.05, 3.63) is 47.0 Å². The Morgan fingerprint density at radius 2 is 1.86 bits per heavy atom. The summed E-state index contributed by atoms with van der Waals surface area (Å²) in [5, 5.41) is 2.25. The molecule has 3 nitrogen and oxygen atoms in total. The number of benzene rings is 1. The van der Waals surface area contributed by atoms with Gasteiger partial charge in [-0.2, -0.15) is 0 Å². The maximum absolute atomic E-state index is 9.06. The molecule has 1 heterocycles. The van der Waals surface area contributed by atoms with Gasteiger partial charge in [0.05, 0.1) is 0 Å². The van der Waals surface area contributed by atoms with Crippen molar-refractivity contribution in [2.45, 2.75) is 33.1 Å². The van der Waals surface area contributed by atoms with Crippen LogP contribution in [0.2, 0.25) is 0 Å². The first-order valence-corrected chi connectivity index (χ1v) is 7.60. The van der Waals surface area contributed by atoms with Gasteiger partial charge in [0.15, 0.2) is 0 Å². The predicted molar refractivity (Wildman–Crippen MR) is 87.3 cm³/mol. The van der Waals surface area contributed by atoms with Gasteiger partial charge in [-0.3, -0.25) is 4.79 Å². The molecule has 1 aromatic carbocycles. The maximum Gasteiger partial charge on any atom is 0.206 e. The van der Waals surface area contributed by atoms with Crippen LogP contribution in [0.3, 0.4) is 0 Å². The fraction of sp³-hybridized carbons (Fsp3) is 0.500. The van der Waals surface area contributed by atoms with E-state index in [2.05, 4.69) is 49.5 Å². The highest BCUT2D eigenvalue weighted by Crippen LogP contribution is 2.26. The molecule has 0 radical (unpaired) electrons. The second-order valence-corrected chi connectivity index (χ2v) is 5.32. The van der Waals surface area contributed by atoms with Gasteiger partial charge in [0, 0.05) is 20.3 Å². The molecule has 1 N–H and O–H groups in total. The minimum absolute atomic E-state index is 0.625. The summed E-state index contributed by atoms with van der Waals surface area (Å²) in [5.74, 6) is 0.732. The maximum atomic E-state index is 9.06. The Bertz CT molecular complexity index is 431. The number of hydrogen-bond donors (Lipinski definition) is 1. The van der Waals surface area contributed by atoms with E-state index < -0.39 is 0 Å². The van der Waals surface area contributed by atoms with Crippen molar-refractivity contribution < 1.29 is 9.53 Å². The zero-order valence-corrected chi connectivity index (χ0v) is 13.4. The molecular formula is C18H27NO2. The zero-order chi connectivity index (χ0) is 15.5. The highest BCUT2D eigenvalue weighted by Gasteiger charge is 2.17. The lowest BCUT2D eigenvalue weighted by molar-refractivity contribution is -0.109. The van der Waals surface area contributed by atoms with Gasteiger partial charge in [-0.05, 0) is 44.6 Å². The fourth-order valence-corrected chi connectivity index (χ4v) is 2.49. The third-order valence-corrected chi connectivity index (χ3v) is 3.76. The first-order valence-electron chi connectivity index (χ1n) is 7.60. The quantitative estimate of drug-likeness (QED) is 0.682. The van der Waals surface area contributed by atoms with Crippen molar-refractivity contribution in [3.63, 3.8) is 0 Å². The number of allylic oxidation sites excluding steroid dienone is 2.